The molecule has 2 heterocycles. The van der Waals surface area contributed by atoms with Crippen LogP contribution in [0.4, 0.5) is 18.9 Å². The van der Waals surface area contributed by atoms with E-state index in [1.807, 2.05) is 16.8 Å². The van der Waals surface area contributed by atoms with Crippen molar-refractivity contribution in [2.24, 2.45) is 0 Å². The van der Waals surface area contributed by atoms with Crippen LogP contribution in [-0.4, -0.2) is 23.3 Å². The molecule has 1 aromatic heterocycles. The van der Waals surface area contributed by atoms with Gasteiger partial charge >= 0.3 is 18.0 Å². The van der Waals surface area contributed by atoms with E-state index in [4.69, 9.17) is 0 Å². The molecule has 1 aromatic carbocycles. The van der Waals surface area contributed by atoms with Crippen LogP contribution in [0.5, 0.6) is 0 Å². The average molecular weight is 382 g/mol. The van der Waals surface area contributed by atoms with Gasteiger partial charge in [0.05, 0.1) is 11.6 Å². The summed E-state index contributed by atoms with van der Waals surface area (Å²) in [5.74, 6) is -1.66. The molecule has 26 heavy (non-hydrogen) atoms. The Morgan fingerprint density at radius 3 is 2.69 bits per heavy atom. The molecule has 2 aromatic rings. The third-order valence-electron chi connectivity index (χ3n) is 4.44. The predicted molar refractivity (Wildman–Crippen MR) is 92.8 cm³/mol. The van der Waals surface area contributed by atoms with E-state index in [1.54, 1.807) is 0 Å². The highest BCUT2D eigenvalue weighted by Gasteiger charge is 2.35. The molecular weight excluding hydrogens is 365 g/mol. The Balaban J connectivity index is 1.75. The van der Waals surface area contributed by atoms with Crippen LogP contribution in [0.3, 0.4) is 0 Å². The first kappa shape index (κ1) is 18.4. The molecule has 1 aliphatic rings. The smallest absolute Gasteiger partial charge is 0.327 e. The minimum Gasteiger partial charge on any atom is -0.327 e. The number of carbonyl (C=O) groups excluding carboxylic acids is 2. The van der Waals surface area contributed by atoms with E-state index in [0.717, 1.165) is 24.5 Å². The summed E-state index contributed by atoms with van der Waals surface area (Å²) in [6.07, 6.45) is -2.98. The number of aryl methyl sites for hydroxylation is 1. The zero-order valence-corrected chi connectivity index (χ0v) is 14.8. The van der Waals surface area contributed by atoms with Crippen molar-refractivity contribution < 1.29 is 22.8 Å². The van der Waals surface area contributed by atoms with E-state index in [-0.39, 0.29) is 17.3 Å². The van der Waals surface area contributed by atoms with Crippen LogP contribution in [0.1, 0.15) is 35.6 Å². The molecule has 1 atom stereocenters. The second-order valence-corrected chi connectivity index (χ2v) is 6.97. The molecular formula is C18H17F3N2O2S. The molecule has 0 unspecified atom stereocenters. The first-order valence-corrected chi connectivity index (χ1v) is 9.03. The Kier molecular flexibility index (Phi) is 5.04. The van der Waals surface area contributed by atoms with Crippen molar-refractivity contribution in [1.29, 1.82) is 0 Å². The Bertz CT molecular complexity index is 818. The summed E-state index contributed by atoms with van der Waals surface area (Å²) in [4.78, 5) is 26.3. The summed E-state index contributed by atoms with van der Waals surface area (Å²) < 4.78 is 39.0. The molecule has 1 saturated heterocycles. The van der Waals surface area contributed by atoms with Gasteiger partial charge in [-0.2, -0.15) is 24.5 Å². The van der Waals surface area contributed by atoms with E-state index in [0.29, 0.717) is 6.54 Å². The maximum Gasteiger partial charge on any atom is 0.416 e. The molecule has 0 spiro atoms. The molecule has 3 rings (SSSR count). The largest absolute Gasteiger partial charge is 0.416 e. The maximum absolute atomic E-state index is 13.0. The fourth-order valence-electron chi connectivity index (χ4n) is 3.14. The molecule has 0 aliphatic carbocycles. The molecule has 1 aliphatic heterocycles. The maximum atomic E-state index is 13.0. The van der Waals surface area contributed by atoms with Crippen LogP contribution in [0.2, 0.25) is 0 Å². The lowest BCUT2D eigenvalue weighted by Gasteiger charge is -2.23. The Morgan fingerprint density at radius 1 is 1.27 bits per heavy atom. The molecule has 0 saturated carbocycles. The lowest BCUT2D eigenvalue weighted by molar-refractivity contribution is -0.143. The number of hydrogen-bond acceptors (Lipinski definition) is 3. The molecule has 2 amide bonds. The molecule has 1 fully saturated rings. The fraction of sp³-hybridized carbons (Fsp3) is 0.333. The third-order valence-corrected chi connectivity index (χ3v) is 5.14. The highest BCUT2D eigenvalue weighted by atomic mass is 32.1. The van der Waals surface area contributed by atoms with Gasteiger partial charge in [0, 0.05) is 12.2 Å². The van der Waals surface area contributed by atoms with Crippen molar-refractivity contribution in [1.82, 2.24) is 4.90 Å². The van der Waals surface area contributed by atoms with Gasteiger partial charge in [-0.1, -0.05) is 6.07 Å². The lowest BCUT2D eigenvalue weighted by atomic mass is 10.1. The second-order valence-electron chi connectivity index (χ2n) is 6.19. The number of anilines is 1. The minimum atomic E-state index is -4.52. The third kappa shape index (κ3) is 3.75. The van der Waals surface area contributed by atoms with E-state index >= 15 is 0 Å². The van der Waals surface area contributed by atoms with Crippen LogP contribution in [0.15, 0.2) is 35.0 Å². The lowest BCUT2D eigenvalue weighted by Crippen LogP contribution is -2.39. The van der Waals surface area contributed by atoms with Gasteiger partial charge in [-0.25, -0.2) is 0 Å². The average Bonchev–Trinajstić information content (AvgIpc) is 3.25. The minimum absolute atomic E-state index is 0.0486. The van der Waals surface area contributed by atoms with E-state index in [9.17, 15) is 22.8 Å². The first-order chi connectivity index (χ1) is 12.3. The van der Waals surface area contributed by atoms with E-state index < -0.39 is 23.6 Å². The zero-order valence-electron chi connectivity index (χ0n) is 14.0. The molecule has 8 heteroatoms. The SMILES string of the molecule is Cc1ccc(NC(=O)C(=O)N2CCC[C@H]2c2ccsc2)cc1C(F)(F)F. The van der Waals surface area contributed by atoms with Crippen LogP contribution in [0.25, 0.3) is 0 Å². The second kappa shape index (κ2) is 7.11. The quantitative estimate of drug-likeness (QED) is 0.784. The van der Waals surface area contributed by atoms with Crippen molar-refractivity contribution in [2.45, 2.75) is 32.0 Å². The number of benzene rings is 1. The standard InChI is InChI=1S/C18H17F3N2O2S/c1-11-4-5-13(9-14(11)18(19,20)21)22-16(24)17(25)23-7-2-3-15(23)12-6-8-26-10-12/h4-6,8-10,15H,2-3,7H2,1H3,(H,22,24)/t15-/m0/s1. The van der Waals surface area contributed by atoms with Crippen molar-refractivity contribution in [3.8, 4) is 0 Å². The van der Waals surface area contributed by atoms with E-state index in [1.165, 1.54) is 35.3 Å². The van der Waals surface area contributed by atoms with Gasteiger partial charge in [0.1, 0.15) is 0 Å². The summed E-state index contributed by atoms with van der Waals surface area (Å²) in [6, 6.07) is 5.22. The van der Waals surface area contributed by atoms with Crippen LogP contribution >= 0.6 is 11.3 Å². The molecule has 0 radical (unpaired) electrons. The fourth-order valence-corrected chi connectivity index (χ4v) is 3.85. The van der Waals surface area contributed by atoms with Crippen molar-refractivity contribution in [3.63, 3.8) is 0 Å². The van der Waals surface area contributed by atoms with Gasteiger partial charge in [-0.3, -0.25) is 9.59 Å². The Hall–Kier alpha value is -2.35. The number of rotatable bonds is 2. The first-order valence-electron chi connectivity index (χ1n) is 8.09. The summed E-state index contributed by atoms with van der Waals surface area (Å²) in [5.41, 5.74) is 0.148. The molecule has 1 N–H and O–H groups in total. The van der Waals surface area contributed by atoms with Crippen LogP contribution in [-0.2, 0) is 15.8 Å². The predicted octanol–water partition coefficient (Wildman–Crippen LogP) is 4.38. The monoisotopic (exact) mass is 382 g/mol. The number of halogens is 3. The van der Waals surface area contributed by atoms with Gasteiger partial charge in [0.25, 0.3) is 0 Å². The topological polar surface area (TPSA) is 49.4 Å². The molecule has 138 valence electrons. The highest BCUT2D eigenvalue weighted by Crippen LogP contribution is 2.34. The van der Waals surface area contributed by atoms with Crippen molar-refractivity contribution in [3.05, 3.63) is 51.7 Å². The number of hydrogen-bond donors (Lipinski definition) is 1. The highest BCUT2D eigenvalue weighted by molar-refractivity contribution is 7.08. The van der Waals surface area contributed by atoms with Crippen molar-refractivity contribution in [2.75, 3.05) is 11.9 Å². The summed E-state index contributed by atoms with van der Waals surface area (Å²) in [7, 11) is 0. The van der Waals surface area contributed by atoms with Gasteiger partial charge in [0.15, 0.2) is 0 Å². The van der Waals surface area contributed by atoms with Gasteiger partial charge in [0.2, 0.25) is 0 Å². The number of nitrogens with zero attached hydrogens (tertiary/aromatic N) is 1. The number of alkyl halides is 3. The Labute approximate surface area is 152 Å². The Morgan fingerprint density at radius 2 is 2.04 bits per heavy atom. The molecule has 4 nitrogen and oxygen atoms in total. The summed E-state index contributed by atoms with van der Waals surface area (Å²) in [5, 5.41) is 6.13. The van der Waals surface area contributed by atoms with E-state index in [2.05, 4.69) is 5.32 Å². The number of carbonyl (C=O) groups is 2. The zero-order chi connectivity index (χ0) is 18.9. The normalized spacial score (nSPS) is 17.4. The number of likely N-dealkylation sites (tertiary alicyclic amines) is 1. The summed E-state index contributed by atoms with van der Waals surface area (Å²) in [6.45, 7) is 1.80. The number of thiophene rings is 1. The van der Waals surface area contributed by atoms with Gasteiger partial charge < -0.3 is 10.2 Å². The van der Waals surface area contributed by atoms with Crippen LogP contribution < -0.4 is 5.32 Å². The van der Waals surface area contributed by atoms with Crippen LogP contribution in [0, 0.1) is 6.92 Å². The van der Waals surface area contributed by atoms with Gasteiger partial charge in [-0.15, -0.1) is 0 Å². The molecule has 0 bridgehead atoms. The van der Waals surface area contributed by atoms with Crippen molar-refractivity contribution >= 4 is 28.8 Å². The summed E-state index contributed by atoms with van der Waals surface area (Å²) >= 11 is 1.51. The number of nitrogens with one attached hydrogen (secondary N) is 1. The van der Waals surface area contributed by atoms with Gasteiger partial charge in [-0.05, 0) is 59.9 Å². The number of amides is 2.